The molecule has 0 aromatic heterocycles. The fraction of sp³-hybridized carbons (Fsp3) is 0.333. The summed E-state index contributed by atoms with van der Waals surface area (Å²) >= 11 is 12.4. The molecule has 6 nitrogen and oxygen atoms in total. The second-order valence-electron chi connectivity index (χ2n) is 9.31. The first kappa shape index (κ1) is 28.0. The molecule has 4 rings (SSSR count). The summed E-state index contributed by atoms with van der Waals surface area (Å²) in [6.45, 7) is 6.62. The van der Waals surface area contributed by atoms with Crippen molar-refractivity contribution in [2.75, 3.05) is 20.8 Å². The van der Waals surface area contributed by atoms with E-state index in [0.29, 0.717) is 46.2 Å². The fourth-order valence-electron chi connectivity index (χ4n) is 4.63. The van der Waals surface area contributed by atoms with Gasteiger partial charge in [0, 0.05) is 34.2 Å². The molecule has 0 radical (unpaired) electrons. The minimum absolute atomic E-state index is 0.0515. The number of carbonyl (C=O) groups is 1. The Bertz CT molecular complexity index is 1310. The van der Waals surface area contributed by atoms with Gasteiger partial charge in [-0.15, -0.1) is 0 Å². The van der Waals surface area contributed by atoms with Crippen molar-refractivity contribution in [1.29, 1.82) is 0 Å². The smallest absolute Gasteiger partial charge is 0.231 e. The summed E-state index contributed by atoms with van der Waals surface area (Å²) in [5.41, 5.74) is 3.38. The maximum absolute atomic E-state index is 13.9. The lowest BCUT2D eigenvalue weighted by Crippen LogP contribution is -2.40. The normalized spacial score (nSPS) is 17.1. The van der Waals surface area contributed by atoms with E-state index in [2.05, 4.69) is 0 Å². The van der Waals surface area contributed by atoms with E-state index in [1.807, 2.05) is 81.4 Å². The van der Waals surface area contributed by atoms with Gasteiger partial charge in [0.1, 0.15) is 23.4 Å². The second kappa shape index (κ2) is 12.2. The Morgan fingerprint density at radius 1 is 0.921 bits per heavy atom. The lowest BCUT2D eigenvalue weighted by Gasteiger charge is -2.31. The highest BCUT2D eigenvalue weighted by Crippen LogP contribution is 2.46. The SMILES string of the molecule is CCOCc1cc(C2=NC(c3ccc(Cl)cc3)C(c3ccc(Cl)cc3)N2C(=O)C(C)C)c(OC)cc1OC. The number of carbonyl (C=O) groups excluding carboxylic acids is 1. The highest BCUT2D eigenvalue weighted by molar-refractivity contribution is 6.30. The molecule has 2 atom stereocenters. The van der Waals surface area contributed by atoms with Gasteiger partial charge in [0.05, 0.1) is 32.4 Å². The van der Waals surface area contributed by atoms with Gasteiger partial charge in [0.2, 0.25) is 5.91 Å². The summed E-state index contributed by atoms with van der Waals surface area (Å²) < 4.78 is 17.1. The van der Waals surface area contributed by atoms with Crippen LogP contribution in [-0.4, -0.2) is 37.5 Å². The number of amides is 1. The number of rotatable bonds is 9. The van der Waals surface area contributed by atoms with Crippen molar-refractivity contribution < 1.29 is 19.0 Å². The van der Waals surface area contributed by atoms with E-state index in [1.165, 1.54) is 0 Å². The van der Waals surface area contributed by atoms with Gasteiger partial charge in [-0.05, 0) is 48.4 Å². The molecule has 0 saturated heterocycles. The minimum Gasteiger partial charge on any atom is -0.496 e. The Kier molecular flexibility index (Phi) is 8.98. The summed E-state index contributed by atoms with van der Waals surface area (Å²) in [6.07, 6.45) is 0. The largest absolute Gasteiger partial charge is 0.496 e. The molecule has 0 N–H and O–H groups in total. The molecule has 38 heavy (non-hydrogen) atoms. The molecule has 8 heteroatoms. The number of hydrogen-bond acceptors (Lipinski definition) is 5. The van der Waals surface area contributed by atoms with Crippen LogP contribution in [0.15, 0.2) is 65.7 Å². The molecule has 0 saturated carbocycles. The van der Waals surface area contributed by atoms with Crippen molar-refractivity contribution in [2.45, 2.75) is 39.5 Å². The predicted molar refractivity (Wildman–Crippen MR) is 151 cm³/mol. The van der Waals surface area contributed by atoms with Crippen molar-refractivity contribution in [3.05, 3.63) is 93.0 Å². The van der Waals surface area contributed by atoms with Crippen molar-refractivity contribution in [3.8, 4) is 11.5 Å². The molecular weight excluding hydrogens is 523 g/mol. The fourth-order valence-corrected chi connectivity index (χ4v) is 4.88. The molecule has 1 amide bonds. The standard InChI is InChI=1S/C30H32Cl2N2O4/c1-6-38-17-21-15-24(26(37-5)16-25(21)36-4)29-33-27(19-7-11-22(31)12-8-19)28(34(29)30(35)18(2)3)20-9-13-23(32)14-10-20/h7-16,18,27-28H,6,17H2,1-5H3. The zero-order valence-electron chi connectivity index (χ0n) is 22.2. The van der Waals surface area contributed by atoms with E-state index in [-0.39, 0.29) is 17.9 Å². The minimum atomic E-state index is -0.402. The Labute approximate surface area is 234 Å². The van der Waals surface area contributed by atoms with Gasteiger partial charge in [0.15, 0.2) is 0 Å². The van der Waals surface area contributed by atoms with Crippen LogP contribution in [0.4, 0.5) is 0 Å². The van der Waals surface area contributed by atoms with Gasteiger partial charge < -0.3 is 14.2 Å². The lowest BCUT2D eigenvalue weighted by molar-refractivity contribution is -0.132. The van der Waals surface area contributed by atoms with E-state index in [4.69, 9.17) is 42.4 Å². The Hall–Kier alpha value is -3.06. The summed E-state index contributed by atoms with van der Waals surface area (Å²) in [5, 5.41) is 1.25. The molecular formula is C30H32Cl2N2O4. The summed E-state index contributed by atoms with van der Waals surface area (Å²) in [7, 11) is 3.21. The second-order valence-corrected chi connectivity index (χ2v) is 10.2. The molecule has 200 valence electrons. The van der Waals surface area contributed by atoms with E-state index >= 15 is 0 Å². The molecule has 2 unspecified atom stereocenters. The first-order chi connectivity index (χ1) is 18.3. The van der Waals surface area contributed by atoms with Crippen molar-refractivity contribution in [1.82, 2.24) is 4.90 Å². The molecule has 1 aliphatic rings. The number of aliphatic imine (C=N–C) groups is 1. The van der Waals surface area contributed by atoms with E-state index in [1.54, 1.807) is 19.1 Å². The summed E-state index contributed by atoms with van der Waals surface area (Å²) in [4.78, 5) is 20.9. The molecule has 0 fully saturated rings. The number of nitrogens with zero attached hydrogens (tertiary/aromatic N) is 2. The Morgan fingerprint density at radius 3 is 2.03 bits per heavy atom. The lowest BCUT2D eigenvalue weighted by atomic mass is 9.93. The number of methoxy groups -OCH3 is 2. The first-order valence-electron chi connectivity index (χ1n) is 12.5. The third kappa shape index (κ3) is 5.68. The van der Waals surface area contributed by atoms with Gasteiger partial charge in [-0.2, -0.15) is 0 Å². The van der Waals surface area contributed by atoms with Gasteiger partial charge >= 0.3 is 0 Å². The zero-order valence-corrected chi connectivity index (χ0v) is 23.7. The predicted octanol–water partition coefficient (Wildman–Crippen LogP) is 7.27. The number of hydrogen-bond donors (Lipinski definition) is 0. The van der Waals surface area contributed by atoms with Crippen LogP contribution in [0.5, 0.6) is 11.5 Å². The average molecular weight is 556 g/mol. The van der Waals surface area contributed by atoms with Crippen molar-refractivity contribution >= 4 is 34.9 Å². The third-order valence-electron chi connectivity index (χ3n) is 6.53. The van der Waals surface area contributed by atoms with Crippen LogP contribution in [0.3, 0.4) is 0 Å². The van der Waals surface area contributed by atoms with Crippen molar-refractivity contribution in [3.63, 3.8) is 0 Å². The van der Waals surface area contributed by atoms with E-state index < -0.39 is 6.04 Å². The average Bonchev–Trinajstić information content (AvgIpc) is 3.31. The Balaban J connectivity index is 1.96. The van der Waals surface area contributed by atoms with Crippen LogP contribution in [0.1, 0.15) is 55.1 Å². The molecule has 1 heterocycles. The van der Waals surface area contributed by atoms with Gasteiger partial charge in [0.25, 0.3) is 0 Å². The number of amidine groups is 1. The maximum Gasteiger partial charge on any atom is 0.231 e. The number of ether oxygens (including phenoxy) is 3. The molecule has 0 bridgehead atoms. The van der Waals surface area contributed by atoms with E-state index in [0.717, 1.165) is 16.7 Å². The Morgan fingerprint density at radius 2 is 1.50 bits per heavy atom. The molecule has 3 aromatic rings. The maximum atomic E-state index is 13.9. The topological polar surface area (TPSA) is 60.4 Å². The van der Waals surface area contributed by atoms with Crippen LogP contribution in [0, 0.1) is 5.92 Å². The van der Waals surface area contributed by atoms with Crippen LogP contribution < -0.4 is 9.47 Å². The molecule has 0 aliphatic carbocycles. The molecule has 1 aliphatic heterocycles. The summed E-state index contributed by atoms with van der Waals surface area (Å²) in [6, 6.07) is 18.1. The molecule has 3 aromatic carbocycles. The number of halogens is 2. The van der Waals surface area contributed by atoms with Crippen molar-refractivity contribution in [2.24, 2.45) is 10.9 Å². The van der Waals surface area contributed by atoms with Gasteiger partial charge in [-0.1, -0.05) is 61.3 Å². The van der Waals surface area contributed by atoms with E-state index in [9.17, 15) is 4.79 Å². The highest BCUT2D eigenvalue weighted by Gasteiger charge is 2.43. The van der Waals surface area contributed by atoms with Crippen LogP contribution in [-0.2, 0) is 16.1 Å². The van der Waals surface area contributed by atoms with Crippen LogP contribution in [0.2, 0.25) is 10.0 Å². The zero-order chi connectivity index (χ0) is 27.4. The highest BCUT2D eigenvalue weighted by atomic mass is 35.5. The van der Waals surface area contributed by atoms with Gasteiger partial charge in [-0.25, -0.2) is 0 Å². The summed E-state index contributed by atoms with van der Waals surface area (Å²) in [5.74, 6) is 1.40. The third-order valence-corrected chi connectivity index (χ3v) is 7.03. The first-order valence-corrected chi connectivity index (χ1v) is 13.3. The number of benzene rings is 3. The molecule has 0 spiro atoms. The van der Waals surface area contributed by atoms with Crippen LogP contribution in [0.25, 0.3) is 0 Å². The van der Waals surface area contributed by atoms with Crippen LogP contribution >= 0.6 is 23.2 Å². The monoisotopic (exact) mass is 554 g/mol. The quantitative estimate of drug-likeness (QED) is 0.279. The van der Waals surface area contributed by atoms with Gasteiger partial charge in [-0.3, -0.25) is 14.7 Å².